The highest BCUT2D eigenvalue weighted by Gasteiger charge is 2.36. The smallest absolute Gasteiger partial charge is 0.109 e. The zero-order valence-corrected chi connectivity index (χ0v) is 12.4. The zero-order chi connectivity index (χ0) is 13.6. The van der Waals surface area contributed by atoms with Gasteiger partial charge in [-0.05, 0) is 37.6 Å². The lowest BCUT2D eigenvalue weighted by Gasteiger charge is -2.36. The number of hydrogen-bond donors (Lipinski definition) is 1. The fraction of sp³-hybridized carbons (Fsp3) is 0.933. The van der Waals surface area contributed by atoms with Crippen molar-refractivity contribution < 1.29 is 4.74 Å². The largest absolute Gasteiger partial charge is 0.378 e. The maximum Gasteiger partial charge on any atom is 0.109 e. The predicted molar refractivity (Wildman–Crippen MR) is 74.3 cm³/mol. The molecule has 0 bridgehead atoms. The normalized spacial score (nSPS) is 28.9. The number of nitrogens with zero attached hydrogens (tertiary/aromatic N) is 1. The van der Waals surface area contributed by atoms with Crippen LogP contribution in [-0.4, -0.2) is 24.8 Å². The second kappa shape index (κ2) is 6.54. The molecule has 1 aliphatic rings. The topological polar surface area (TPSA) is 45.0 Å². The van der Waals surface area contributed by atoms with Crippen molar-refractivity contribution in [1.29, 1.82) is 5.26 Å². The molecule has 0 aromatic heterocycles. The van der Waals surface area contributed by atoms with Gasteiger partial charge in [-0.15, -0.1) is 0 Å². The molecule has 3 heteroatoms. The van der Waals surface area contributed by atoms with E-state index in [2.05, 4.69) is 39.1 Å². The quantitative estimate of drug-likeness (QED) is 0.817. The third-order valence-electron chi connectivity index (χ3n) is 3.64. The first-order chi connectivity index (χ1) is 8.41. The van der Waals surface area contributed by atoms with Gasteiger partial charge in [0.05, 0.1) is 12.2 Å². The van der Waals surface area contributed by atoms with Crippen LogP contribution in [0.5, 0.6) is 0 Å². The van der Waals surface area contributed by atoms with Crippen molar-refractivity contribution in [2.24, 2.45) is 5.41 Å². The molecule has 1 saturated carbocycles. The number of nitrogens with one attached hydrogen (secondary N) is 1. The highest BCUT2D eigenvalue weighted by Crippen LogP contribution is 2.30. The number of nitriles is 1. The molecule has 0 saturated heterocycles. The van der Waals surface area contributed by atoms with E-state index >= 15 is 0 Å². The Balaban J connectivity index is 2.41. The van der Waals surface area contributed by atoms with Crippen molar-refractivity contribution in [3.8, 4) is 6.07 Å². The van der Waals surface area contributed by atoms with Gasteiger partial charge in [0.2, 0.25) is 0 Å². The van der Waals surface area contributed by atoms with E-state index in [4.69, 9.17) is 4.74 Å². The van der Waals surface area contributed by atoms with E-state index in [1.807, 2.05) is 0 Å². The van der Waals surface area contributed by atoms with Crippen LogP contribution in [0.25, 0.3) is 0 Å². The molecule has 2 atom stereocenters. The summed E-state index contributed by atoms with van der Waals surface area (Å²) in [6.07, 6.45) is 5.29. The van der Waals surface area contributed by atoms with Crippen molar-refractivity contribution in [2.75, 3.05) is 13.2 Å². The Labute approximate surface area is 112 Å². The van der Waals surface area contributed by atoms with Crippen LogP contribution in [0.1, 0.15) is 59.8 Å². The van der Waals surface area contributed by atoms with Crippen LogP contribution >= 0.6 is 0 Å². The first kappa shape index (κ1) is 15.5. The van der Waals surface area contributed by atoms with Gasteiger partial charge in [0.1, 0.15) is 5.54 Å². The number of hydrogen-bond acceptors (Lipinski definition) is 3. The van der Waals surface area contributed by atoms with Gasteiger partial charge in [-0.3, -0.25) is 5.32 Å². The summed E-state index contributed by atoms with van der Waals surface area (Å²) in [4.78, 5) is 0. The highest BCUT2D eigenvalue weighted by molar-refractivity contribution is 5.10. The molecule has 1 fully saturated rings. The van der Waals surface area contributed by atoms with E-state index in [1.54, 1.807) is 0 Å². The summed E-state index contributed by atoms with van der Waals surface area (Å²) in [5.74, 6) is 0. The van der Waals surface area contributed by atoms with Gasteiger partial charge in [0.15, 0.2) is 0 Å². The molecule has 104 valence electrons. The molecule has 1 rings (SSSR count). The standard InChI is InChI=1S/C15H28N2O/c1-5-17-15(12-16)8-6-7-13(11-15)18-10-9-14(2,3)4/h13,17H,5-11H2,1-4H3. The summed E-state index contributed by atoms with van der Waals surface area (Å²) in [5, 5.41) is 12.7. The summed E-state index contributed by atoms with van der Waals surface area (Å²) in [6.45, 7) is 10.4. The van der Waals surface area contributed by atoms with E-state index in [9.17, 15) is 5.26 Å². The molecule has 0 aliphatic heterocycles. The molecular formula is C15H28N2O. The Morgan fingerprint density at radius 1 is 1.44 bits per heavy atom. The van der Waals surface area contributed by atoms with E-state index in [1.165, 1.54) is 0 Å². The van der Waals surface area contributed by atoms with Crippen LogP contribution in [0, 0.1) is 16.7 Å². The number of ether oxygens (including phenoxy) is 1. The van der Waals surface area contributed by atoms with E-state index in [-0.39, 0.29) is 11.6 Å². The van der Waals surface area contributed by atoms with Crippen molar-refractivity contribution in [3.05, 3.63) is 0 Å². The lowest BCUT2D eigenvalue weighted by atomic mass is 9.81. The minimum Gasteiger partial charge on any atom is -0.378 e. The zero-order valence-electron chi connectivity index (χ0n) is 12.4. The SMILES string of the molecule is CCNC1(C#N)CCCC(OCCC(C)(C)C)C1. The summed E-state index contributed by atoms with van der Waals surface area (Å²) in [6, 6.07) is 2.46. The molecule has 2 unspecified atom stereocenters. The molecular weight excluding hydrogens is 224 g/mol. The Morgan fingerprint density at radius 3 is 2.72 bits per heavy atom. The maximum absolute atomic E-state index is 9.38. The second-order valence-corrected chi connectivity index (χ2v) is 6.62. The Morgan fingerprint density at radius 2 is 2.17 bits per heavy atom. The van der Waals surface area contributed by atoms with Crippen molar-refractivity contribution in [3.63, 3.8) is 0 Å². The van der Waals surface area contributed by atoms with Gasteiger partial charge in [-0.1, -0.05) is 27.7 Å². The van der Waals surface area contributed by atoms with Crippen LogP contribution in [0.15, 0.2) is 0 Å². The third kappa shape index (κ3) is 4.96. The molecule has 0 aromatic rings. The summed E-state index contributed by atoms with van der Waals surface area (Å²) >= 11 is 0. The first-order valence-corrected chi connectivity index (χ1v) is 7.19. The van der Waals surface area contributed by atoms with Crippen molar-refractivity contribution in [2.45, 2.75) is 71.4 Å². The fourth-order valence-electron chi connectivity index (χ4n) is 2.54. The van der Waals surface area contributed by atoms with Crippen molar-refractivity contribution >= 4 is 0 Å². The molecule has 0 amide bonds. The maximum atomic E-state index is 9.38. The van der Waals surface area contributed by atoms with Gasteiger partial charge < -0.3 is 4.74 Å². The van der Waals surface area contributed by atoms with Gasteiger partial charge in [-0.25, -0.2) is 0 Å². The molecule has 0 radical (unpaired) electrons. The van der Waals surface area contributed by atoms with Gasteiger partial charge in [0.25, 0.3) is 0 Å². The minimum atomic E-state index is -0.348. The van der Waals surface area contributed by atoms with Gasteiger partial charge in [0, 0.05) is 13.0 Å². The molecule has 0 aromatic carbocycles. The van der Waals surface area contributed by atoms with Crippen LogP contribution < -0.4 is 5.32 Å². The summed E-state index contributed by atoms with van der Waals surface area (Å²) in [5.41, 5.74) is -0.0257. The van der Waals surface area contributed by atoms with Crippen LogP contribution in [0.4, 0.5) is 0 Å². The molecule has 1 aliphatic carbocycles. The first-order valence-electron chi connectivity index (χ1n) is 7.19. The highest BCUT2D eigenvalue weighted by atomic mass is 16.5. The lowest BCUT2D eigenvalue weighted by molar-refractivity contribution is -0.000925. The van der Waals surface area contributed by atoms with Gasteiger partial charge >= 0.3 is 0 Å². The van der Waals surface area contributed by atoms with Crippen LogP contribution in [-0.2, 0) is 4.74 Å². The van der Waals surface area contributed by atoms with Crippen molar-refractivity contribution in [1.82, 2.24) is 5.32 Å². The second-order valence-electron chi connectivity index (χ2n) is 6.62. The van der Waals surface area contributed by atoms with Gasteiger partial charge in [-0.2, -0.15) is 5.26 Å². The van der Waals surface area contributed by atoms with E-state index in [0.29, 0.717) is 5.41 Å². The predicted octanol–water partition coefficient (Wildman–Crippen LogP) is 3.25. The number of rotatable bonds is 5. The molecule has 0 heterocycles. The molecule has 0 spiro atoms. The Bertz CT molecular complexity index is 286. The average molecular weight is 252 g/mol. The Hall–Kier alpha value is -0.590. The Kier molecular flexibility index (Phi) is 5.62. The minimum absolute atomic E-state index is 0.250. The molecule has 1 N–H and O–H groups in total. The monoisotopic (exact) mass is 252 g/mol. The summed E-state index contributed by atoms with van der Waals surface area (Å²) < 4.78 is 5.97. The molecule has 18 heavy (non-hydrogen) atoms. The lowest BCUT2D eigenvalue weighted by Crippen LogP contribution is -2.49. The fourth-order valence-corrected chi connectivity index (χ4v) is 2.54. The summed E-state index contributed by atoms with van der Waals surface area (Å²) in [7, 11) is 0. The van der Waals surface area contributed by atoms with Crippen LogP contribution in [0.3, 0.4) is 0 Å². The average Bonchev–Trinajstić information content (AvgIpc) is 2.28. The van der Waals surface area contributed by atoms with Crippen LogP contribution in [0.2, 0.25) is 0 Å². The van der Waals surface area contributed by atoms with E-state index in [0.717, 1.165) is 45.3 Å². The molecule has 3 nitrogen and oxygen atoms in total. The van der Waals surface area contributed by atoms with E-state index < -0.39 is 0 Å². The third-order valence-corrected chi connectivity index (χ3v) is 3.64.